The van der Waals surface area contributed by atoms with E-state index in [-0.39, 0.29) is 5.75 Å². The summed E-state index contributed by atoms with van der Waals surface area (Å²) in [5.41, 5.74) is 0. The number of benzene rings is 2. The van der Waals surface area contributed by atoms with Crippen LogP contribution in [-0.2, 0) is 0 Å². The van der Waals surface area contributed by atoms with E-state index >= 15 is 0 Å². The Hall–Kier alpha value is -1.46. The zero-order valence-corrected chi connectivity index (χ0v) is 13.3. The minimum absolute atomic E-state index is 0.138. The molecule has 0 fully saturated rings. The molecule has 3 aromatic rings. The van der Waals surface area contributed by atoms with Gasteiger partial charge >= 0.3 is 0 Å². The highest BCUT2D eigenvalue weighted by molar-refractivity contribution is 9.11. The van der Waals surface area contributed by atoms with Crippen LogP contribution < -0.4 is 4.74 Å². The topological polar surface area (TPSA) is 22.1 Å². The Morgan fingerprint density at radius 1 is 1.00 bits per heavy atom. The number of nitrogens with zero attached hydrogens (tertiary/aromatic N) is 1. The second-order valence-corrected chi connectivity index (χ2v) is 5.90. The maximum Gasteiger partial charge on any atom is 0.227 e. The molecule has 1 aromatic heterocycles. The lowest BCUT2D eigenvalue weighted by molar-refractivity contribution is 0.432. The summed E-state index contributed by atoms with van der Waals surface area (Å²) in [6.45, 7) is 0. The first kappa shape index (κ1) is 13.5. The lowest BCUT2D eigenvalue weighted by Gasteiger charge is -2.09. The maximum absolute atomic E-state index is 13.8. The third-order valence-corrected chi connectivity index (χ3v) is 4.00. The molecule has 0 radical (unpaired) electrons. The SMILES string of the molecule is Fc1ccc(Br)cc1Oc1nccc2c(Br)cccc12. The Morgan fingerprint density at radius 3 is 2.70 bits per heavy atom. The van der Waals surface area contributed by atoms with E-state index in [2.05, 4.69) is 36.8 Å². The van der Waals surface area contributed by atoms with Crippen molar-refractivity contribution in [1.29, 1.82) is 0 Å². The van der Waals surface area contributed by atoms with Gasteiger partial charge in [0.1, 0.15) is 0 Å². The summed E-state index contributed by atoms with van der Waals surface area (Å²) in [7, 11) is 0. The van der Waals surface area contributed by atoms with Crippen molar-refractivity contribution in [2.75, 3.05) is 0 Å². The molecule has 0 aliphatic rings. The minimum atomic E-state index is -0.429. The summed E-state index contributed by atoms with van der Waals surface area (Å²) in [6.07, 6.45) is 1.64. The van der Waals surface area contributed by atoms with Crippen LogP contribution in [0.5, 0.6) is 11.6 Å². The quantitative estimate of drug-likeness (QED) is 0.555. The average molecular weight is 397 g/mol. The second-order valence-electron chi connectivity index (χ2n) is 4.13. The molecule has 0 N–H and O–H groups in total. The molecular formula is C15H8Br2FNO. The molecular weight excluding hydrogens is 389 g/mol. The van der Waals surface area contributed by atoms with Crippen molar-refractivity contribution < 1.29 is 9.13 Å². The van der Waals surface area contributed by atoms with E-state index in [9.17, 15) is 4.39 Å². The van der Waals surface area contributed by atoms with Crippen molar-refractivity contribution in [2.24, 2.45) is 0 Å². The van der Waals surface area contributed by atoms with Gasteiger partial charge in [-0.2, -0.15) is 0 Å². The molecule has 3 rings (SSSR count). The molecule has 5 heteroatoms. The van der Waals surface area contributed by atoms with Crippen LogP contribution in [0.4, 0.5) is 4.39 Å². The maximum atomic E-state index is 13.8. The first-order valence-electron chi connectivity index (χ1n) is 5.81. The van der Waals surface area contributed by atoms with Crippen molar-refractivity contribution in [3.05, 3.63) is 63.4 Å². The van der Waals surface area contributed by atoms with Crippen LogP contribution in [0.25, 0.3) is 10.8 Å². The normalized spacial score (nSPS) is 10.8. The van der Waals surface area contributed by atoms with Gasteiger partial charge in [0, 0.05) is 25.9 Å². The van der Waals surface area contributed by atoms with Crippen LogP contribution >= 0.6 is 31.9 Å². The van der Waals surface area contributed by atoms with Crippen molar-refractivity contribution in [3.63, 3.8) is 0 Å². The van der Waals surface area contributed by atoms with Gasteiger partial charge < -0.3 is 4.74 Å². The fraction of sp³-hybridized carbons (Fsp3) is 0. The van der Waals surface area contributed by atoms with E-state index in [1.807, 2.05) is 24.3 Å². The summed E-state index contributed by atoms with van der Waals surface area (Å²) in [5.74, 6) is 0.0853. The van der Waals surface area contributed by atoms with Crippen molar-refractivity contribution in [3.8, 4) is 11.6 Å². The standard InChI is InChI=1S/C15H8Br2FNO/c16-9-4-5-13(18)14(8-9)20-15-11-2-1-3-12(17)10(11)6-7-19-15/h1-8H. The number of fused-ring (bicyclic) bond motifs is 1. The molecule has 2 aromatic carbocycles. The average Bonchev–Trinajstić information content (AvgIpc) is 2.44. The summed E-state index contributed by atoms with van der Waals surface area (Å²) in [6, 6.07) is 12.1. The molecule has 0 aliphatic carbocycles. The van der Waals surface area contributed by atoms with E-state index in [1.54, 1.807) is 18.3 Å². The van der Waals surface area contributed by atoms with Crippen molar-refractivity contribution in [2.45, 2.75) is 0 Å². The van der Waals surface area contributed by atoms with Gasteiger partial charge in [0.25, 0.3) is 0 Å². The van der Waals surface area contributed by atoms with Crippen LogP contribution in [0.15, 0.2) is 57.6 Å². The lowest BCUT2D eigenvalue weighted by Crippen LogP contribution is -1.92. The van der Waals surface area contributed by atoms with E-state index in [4.69, 9.17) is 4.74 Å². The predicted octanol–water partition coefficient (Wildman–Crippen LogP) is 5.69. The smallest absolute Gasteiger partial charge is 0.227 e. The van der Waals surface area contributed by atoms with Gasteiger partial charge in [-0.3, -0.25) is 0 Å². The lowest BCUT2D eigenvalue weighted by atomic mass is 10.2. The Bertz CT molecular complexity index is 792. The van der Waals surface area contributed by atoms with Gasteiger partial charge in [0.15, 0.2) is 11.6 Å². The molecule has 0 aliphatic heterocycles. The second kappa shape index (κ2) is 5.50. The fourth-order valence-corrected chi connectivity index (χ4v) is 2.72. The van der Waals surface area contributed by atoms with Crippen LogP contribution in [-0.4, -0.2) is 4.98 Å². The molecule has 0 spiro atoms. The predicted molar refractivity (Wildman–Crippen MR) is 83.6 cm³/mol. The number of ether oxygens (including phenoxy) is 1. The van der Waals surface area contributed by atoms with Gasteiger partial charge in [-0.05, 0) is 36.4 Å². The number of halogens is 3. The number of rotatable bonds is 2. The van der Waals surface area contributed by atoms with Crippen molar-refractivity contribution >= 4 is 42.6 Å². The zero-order chi connectivity index (χ0) is 14.1. The Kier molecular flexibility index (Phi) is 3.72. The molecule has 0 saturated heterocycles. The van der Waals surface area contributed by atoms with E-state index in [0.717, 1.165) is 19.7 Å². The molecule has 100 valence electrons. The summed E-state index contributed by atoms with van der Waals surface area (Å²) < 4.78 is 21.1. The van der Waals surface area contributed by atoms with Crippen LogP contribution in [0, 0.1) is 5.82 Å². The Morgan fingerprint density at radius 2 is 1.85 bits per heavy atom. The fourth-order valence-electron chi connectivity index (χ4n) is 1.88. The Balaban J connectivity index is 2.11. The number of hydrogen-bond acceptors (Lipinski definition) is 2. The molecule has 0 bridgehead atoms. The zero-order valence-electron chi connectivity index (χ0n) is 10.1. The highest BCUT2D eigenvalue weighted by Gasteiger charge is 2.10. The monoisotopic (exact) mass is 395 g/mol. The van der Waals surface area contributed by atoms with Crippen molar-refractivity contribution in [1.82, 2.24) is 4.98 Å². The molecule has 0 unspecified atom stereocenters. The highest BCUT2D eigenvalue weighted by Crippen LogP contribution is 2.33. The van der Waals surface area contributed by atoms with Gasteiger partial charge in [0.05, 0.1) is 0 Å². The minimum Gasteiger partial charge on any atom is -0.435 e. The summed E-state index contributed by atoms with van der Waals surface area (Å²) in [5, 5.41) is 1.79. The van der Waals surface area contributed by atoms with Gasteiger partial charge in [-0.15, -0.1) is 0 Å². The highest BCUT2D eigenvalue weighted by atomic mass is 79.9. The number of aromatic nitrogens is 1. The summed E-state index contributed by atoms with van der Waals surface area (Å²) >= 11 is 6.77. The van der Waals surface area contributed by atoms with Crippen LogP contribution in [0.1, 0.15) is 0 Å². The van der Waals surface area contributed by atoms with Crippen LogP contribution in [0.2, 0.25) is 0 Å². The first-order valence-corrected chi connectivity index (χ1v) is 7.40. The third kappa shape index (κ3) is 2.55. The molecule has 0 saturated carbocycles. The van der Waals surface area contributed by atoms with Gasteiger partial charge in [-0.25, -0.2) is 9.37 Å². The Labute approximate surface area is 131 Å². The van der Waals surface area contributed by atoms with E-state index < -0.39 is 5.82 Å². The van der Waals surface area contributed by atoms with Gasteiger partial charge in [-0.1, -0.05) is 37.9 Å². The van der Waals surface area contributed by atoms with E-state index in [1.165, 1.54) is 6.07 Å². The molecule has 2 nitrogen and oxygen atoms in total. The van der Waals surface area contributed by atoms with Gasteiger partial charge in [0.2, 0.25) is 5.88 Å². The molecule has 20 heavy (non-hydrogen) atoms. The largest absolute Gasteiger partial charge is 0.435 e. The third-order valence-electron chi connectivity index (χ3n) is 2.82. The molecule has 0 atom stereocenters. The summed E-state index contributed by atoms with van der Waals surface area (Å²) in [4.78, 5) is 4.19. The number of hydrogen-bond donors (Lipinski definition) is 0. The molecule has 0 amide bonds. The molecule has 1 heterocycles. The number of pyridine rings is 1. The van der Waals surface area contributed by atoms with E-state index in [0.29, 0.717) is 5.88 Å². The van der Waals surface area contributed by atoms with Crippen LogP contribution in [0.3, 0.4) is 0 Å². The first-order chi connectivity index (χ1) is 9.65.